The van der Waals surface area contributed by atoms with E-state index in [0.717, 1.165) is 29.8 Å². The molecule has 1 aliphatic rings. The molecular formula is C21H26N2O3S. The minimum absolute atomic E-state index is 0.0168. The SMILES string of the molecule is Cc1ccc(C(NC(=O)C(C)C2CNC2)c2cccc(S(C)(=O)=O)c2)cc1. The van der Waals surface area contributed by atoms with E-state index < -0.39 is 15.9 Å². The molecular weight excluding hydrogens is 360 g/mol. The molecule has 0 spiro atoms. The van der Waals surface area contributed by atoms with Gasteiger partial charge in [-0.05, 0) is 49.2 Å². The van der Waals surface area contributed by atoms with E-state index in [-0.39, 0.29) is 16.7 Å². The Labute approximate surface area is 161 Å². The van der Waals surface area contributed by atoms with Crippen molar-refractivity contribution in [3.63, 3.8) is 0 Å². The molecule has 0 saturated carbocycles. The Balaban J connectivity index is 1.95. The molecule has 27 heavy (non-hydrogen) atoms. The van der Waals surface area contributed by atoms with Crippen molar-refractivity contribution >= 4 is 15.7 Å². The normalized spacial score (nSPS) is 17.0. The zero-order chi connectivity index (χ0) is 19.6. The van der Waals surface area contributed by atoms with E-state index in [9.17, 15) is 13.2 Å². The number of carbonyl (C=O) groups is 1. The fraction of sp³-hybridized carbons (Fsp3) is 0.381. The van der Waals surface area contributed by atoms with Crippen molar-refractivity contribution in [2.75, 3.05) is 19.3 Å². The Morgan fingerprint density at radius 1 is 1.11 bits per heavy atom. The summed E-state index contributed by atoms with van der Waals surface area (Å²) in [5.41, 5.74) is 2.82. The van der Waals surface area contributed by atoms with Crippen molar-refractivity contribution in [1.29, 1.82) is 0 Å². The Morgan fingerprint density at radius 3 is 2.33 bits per heavy atom. The average Bonchev–Trinajstić information content (AvgIpc) is 2.58. The number of hydrogen-bond acceptors (Lipinski definition) is 4. The fourth-order valence-corrected chi connectivity index (χ4v) is 3.87. The lowest BCUT2D eigenvalue weighted by atomic mass is 9.87. The molecule has 2 N–H and O–H groups in total. The highest BCUT2D eigenvalue weighted by atomic mass is 32.2. The molecule has 1 aliphatic heterocycles. The highest BCUT2D eigenvalue weighted by molar-refractivity contribution is 7.90. The molecule has 5 nitrogen and oxygen atoms in total. The molecule has 0 aliphatic carbocycles. The molecule has 1 saturated heterocycles. The van der Waals surface area contributed by atoms with Crippen molar-refractivity contribution < 1.29 is 13.2 Å². The lowest BCUT2D eigenvalue weighted by Crippen LogP contribution is -2.50. The predicted molar refractivity (Wildman–Crippen MR) is 106 cm³/mol. The highest BCUT2D eigenvalue weighted by Crippen LogP contribution is 2.26. The first-order valence-corrected chi connectivity index (χ1v) is 11.0. The van der Waals surface area contributed by atoms with Gasteiger partial charge in [-0.3, -0.25) is 4.79 Å². The molecule has 2 aromatic carbocycles. The summed E-state index contributed by atoms with van der Waals surface area (Å²) in [4.78, 5) is 13.1. The number of rotatable bonds is 6. The zero-order valence-corrected chi connectivity index (χ0v) is 16.7. The van der Waals surface area contributed by atoms with Crippen molar-refractivity contribution in [1.82, 2.24) is 10.6 Å². The molecule has 3 rings (SSSR count). The summed E-state index contributed by atoms with van der Waals surface area (Å²) in [7, 11) is -3.32. The molecule has 0 aromatic heterocycles. The number of sulfone groups is 1. The standard InChI is InChI=1S/C21H26N2O3S/c1-14-7-9-16(10-8-14)20(23-21(24)15(2)18-12-22-13-18)17-5-4-6-19(11-17)27(3,25)26/h4-11,15,18,20,22H,12-13H2,1-3H3,(H,23,24). The number of carbonyl (C=O) groups excluding carboxylic acids is 1. The Hall–Kier alpha value is -2.18. The summed E-state index contributed by atoms with van der Waals surface area (Å²) >= 11 is 0. The first-order valence-electron chi connectivity index (χ1n) is 9.13. The van der Waals surface area contributed by atoms with Gasteiger partial charge in [-0.1, -0.05) is 48.9 Å². The molecule has 2 aromatic rings. The molecule has 6 heteroatoms. The highest BCUT2D eigenvalue weighted by Gasteiger charge is 2.30. The van der Waals surface area contributed by atoms with Crippen LogP contribution in [0.1, 0.15) is 29.7 Å². The second-order valence-electron chi connectivity index (χ2n) is 7.40. The minimum atomic E-state index is -3.32. The fourth-order valence-electron chi connectivity index (χ4n) is 3.20. The molecule has 1 heterocycles. The van der Waals surface area contributed by atoms with Crippen LogP contribution < -0.4 is 10.6 Å². The van der Waals surface area contributed by atoms with Crippen LogP contribution in [0.3, 0.4) is 0 Å². The number of amides is 1. The Bertz CT molecular complexity index is 919. The van der Waals surface area contributed by atoms with Crippen LogP contribution in [0.25, 0.3) is 0 Å². The van der Waals surface area contributed by atoms with E-state index in [0.29, 0.717) is 5.92 Å². The summed E-state index contributed by atoms with van der Waals surface area (Å²) in [5.74, 6) is 0.222. The number of hydrogen-bond donors (Lipinski definition) is 2. The monoisotopic (exact) mass is 386 g/mol. The summed E-state index contributed by atoms with van der Waals surface area (Å²) in [6.07, 6.45) is 1.19. The number of nitrogens with one attached hydrogen (secondary N) is 2. The van der Waals surface area contributed by atoms with E-state index >= 15 is 0 Å². The van der Waals surface area contributed by atoms with Gasteiger partial charge in [0, 0.05) is 12.2 Å². The van der Waals surface area contributed by atoms with Crippen LogP contribution in [0.15, 0.2) is 53.4 Å². The first-order chi connectivity index (χ1) is 12.8. The smallest absolute Gasteiger partial charge is 0.223 e. The van der Waals surface area contributed by atoms with Gasteiger partial charge in [-0.2, -0.15) is 0 Å². The van der Waals surface area contributed by atoms with Crippen LogP contribution in [0.2, 0.25) is 0 Å². The van der Waals surface area contributed by atoms with E-state index in [2.05, 4.69) is 10.6 Å². The maximum Gasteiger partial charge on any atom is 0.223 e. The molecule has 0 radical (unpaired) electrons. The summed E-state index contributed by atoms with van der Waals surface area (Å²) in [6, 6.07) is 14.3. The quantitative estimate of drug-likeness (QED) is 0.800. The Kier molecular flexibility index (Phi) is 5.67. The van der Waals surface area contributed by atoms with Crippen molar-refractivity contribution in [3.8, 4) is 0 Å². The first kappa shape index (κ1) is 19.6. The second-order valence-corrected chi connectivity index (χ2v) is 9.42. The number of benzene rings is 2. The Morgan fingerprint density at radius 2 is 1.78 bits per heavy atom. The summed E-state index contributed by atoms with van der Waals surface area (Å²) in [5, 5.41) is 6.33. The summed E-state index contributed by atoms with van der Waals surface area (Å²) in [6.45, 7) is 5.66. The van der Waals surface area contributed by atoms with E-state index in [4.69, 9.17) is 0 Å². The third-order valence-corrected chi connectivity index (χ3v) is 6.36. The molecule has 1 amide bonds. The van der Waals surface area contributed by atoms with Crippen LogP contribution in [0, 0.1) is 18.8 Å². The zero-order valence-electron chi connectivity index (χ0n) is 15.9. The van der Waals surface area contributed by atoms with Crippen molar-refractivity contribution in [2.24, 2.45) is 11.8 Å². The van der Waals surface area contributed by atoms with E-state index in [1.807, 2.05) is 44.2 Å². The third kappa shape index (κ3) is 4.57. The van der Waals surface area contributed by atoms with Crippen LogP contribution in [-0.4, -0.2) is 33.7 Å². The van der Waals surface area contributed by atoms with Gasteiger partial charge in [0.05, 0.1) is 10.9 Å². The van der Waals surface area contributed by atoms with Crippen molar-refractivity contribution in [2.45, 2.75) is 24.8 Å². The largest absolute Gasteiger partial charge is 0.345 e. The van der Waals surface area contributed by atoms with Crippen molar-refractivity contribution in [3.05, 3.63) is 65.2 Å². The topological polar surface area (TPSA) is 75.3 Å². The van der Waals surface area contributed by atoms with Crippen LogP contribution in [0.5, 0.6) is 0 Å². The van der Waals surface area contributed by atoms with Gasteiger partial charge < -0.3 is 10.6 Å². The van der Waals surface area contributed by atoms with Gasteiger partial charge in [0.1, 0.15) is 0 Å². The summed E-state index contributed by atoms with van der Waals surface area (Å²) < 4.78 is 23.9. The van der Waals surface area contributed by atoms with Crippen LogP contribution in [0.4, 0.5) is 0 Å². The van der Waals surface area contributed by atoms with Gasteiger partial charge in [0.15, 0.2) is 9.84 Å². The lowest BCUT2D eigenvalue weighted by molar-refractivity contribution is -0.127. The molecule has 2 atom stereocenters. The maximum absolute atomic E-state index is 12.8. The van der Waals surface area contributed by atoms with Gasteiger partial charge in [0.25, 0.3) is 0 Å². The predicted octanol–water partition coefficient (Wildman–Crippen LogP) is 2.46. The molecule has 0 bridgehead atoms. The molecule has 2 unspecified atom stereocenters. The van der Waals surface area contributed by atoms with Crippen LogP contribution in [-0.2, 0) is 14.6 Å². The van der Waals surface area contributed by atoms with Gasteiger partial charge >= 0.3 is 0 Å². The second kappa shape index (κ2) is 7.82. The number of aryl methyl sites for hydroxylation is 1. The lowest BCUT2D eigenvalue weighted by Gasteiger charge is -2.33. The minimum Gasteiger partial charge on any atom is -0.345 e. The van der Waals surface area contributed by atoms with E-state index in [1.165, 1.54) is 6.26 Å². The van der Waals surface area contributed by atoms with Crippen LogP contribution >= 0.6 is 0 Å². The van der Waals surface area contributed by atoms with E-state index in [1.54, 1.807) is 18.2 Å². The molecule has 1 fully saturated rings. The van der Waals surface area contributed by atoms with Gasteiger partial charge in [0.2, 0.25) is 5.91 Å². The maximum atomic E-state index is 12.8. The van der Waals surface area contributed by atoms with Gasteiger partial charge in [-0.25, -0.2) is 8.42 Å². The average molecular weight is 387 g/mol. The van der Waals surface area contributed by atoms with Gasteiger partial charge in [-0.15, -0.1) is 0 Å². The third-order valence-electron chi connectivity index (χ3n) is 5.25. The molecule has 144 valence electrons.